The Kier molecular flexibility index (Phi) is 3.83. The molecule has 1 unspecified atom stereocenters. The molecule has 0 aliphatic rings. The van der Waals surface area contributed by atoms with Gasteiger partial charge in [0.2, 0.25) is 0 Å². The van der Waals surface area contributed by atoms with E-state index in [-0.39, 0.29) is 6.10 Å². The van der Waals surface area contributed by atoms with Crippen LogP contribution in [0.2, 0.25) is 0 Å². The van der Waals surface area contributed by atoms with Crippen LogP contribution in [0.4, 0.5) is 0 Å². The van der Waals surface area contributed by atoms with Crippen molar-refractivity contribution in [2.45, 2.75) is 39.8 Å². The van der Waals surface area contributed by atoms with Crippen molar-refractivity contribution in [3.63, 3.8) is 0 Å². The van der Waals surface area contributed by atoms with Crippen molar-refractivity contribution in [2.75, 3.05) is 0 Å². The number of ether oxygens (including phenoxy) is 1. The minimum atomic E-state index is 0.151. The van der Waals surface area contributed by atoms with E-state index in [0.717, 1.165) is 17.7 Å². The molecule has 0 amide bonds. The molecular formula is C10H17N3O. The highest BCUT2D eigenvalue weighted by molar-refractivity contribution is 5.17. The number of hydrogen-bond acceptors (Lipinski definition) is 4. The summed E-state index contributed by atoms with van der Waals surface area (Å²) in [7, 11) is 0. The fraction of sp³-hybridized carbons (Fsp3) is 0.600. The Morgan fingerprint density at radius 3 is 2.79 bits per heavy atom. The van der Waals surface area contributed by atoms with E-state index in [1.165, 1.54) is 0 Å². The van der Waals surface area contributed by atoms with Crippen LogP contribution in [-0.4, -0.2) is 16.1 Å². The van der Waals surface area contributed by atoms with Gasteiger partial charge in [-0.25, -0.2) is 9.97 Å². The summed E-state index contributed by atoms with van der Waals surface area (Å²) in [6, 6.07) is 0.439. The summed E-state index contributed by atoms with van der Waals surface area (Å²) in [5, 5.41) is 0. The van der Waals surface area contributed by atoms with Crippen LogP contribution in [0.25, 0.3) is 0 Å². The van der Waals surface area contributed by atoms with Gasteiger partial charge in [-0.15, -0.1) is 0 Å². The average Bonchev–Trinajstić information content (AvgIpc) is 2.18. The second-order valence-corrected chi connectivity index (χ2v) is 3.30. The van der Waals surface area contributed by atoms with Crippen LogP contribution in [0.3, 0.4) is 0 Å². The molecule has 0 saturated carbocycles. The van der Waals surface area contributed by atoms with Gasteiger partial charge in [-0.05, 0) is 20.3 Å². The van der Waals surface area contributed by atoms with E-state index in [0.29, 0.717) is 12.6 Å². The van der Waals surface area contributed by atoms with Gasteiger partial charge < -0.3 is 10.5 Å². The van der Waals surface area contributed by atoms with Gasteiger partial charge in [-0.1, -0.05) is 6.92 Å². The van der Waals surface area contributed by atoms with E-state index in [1.807, 2.05) is 13.8 Å². The highest BCUT2D eigenvalue weighted by atomic mass is 16.5. The lowest BCUT2D eigenvalue weighted by molar-refractivity contribution is 0.198. The first-order chi connectivity index (χ1) is 6.67. The predicted molar refractivity (Wildman–Crippen MR) is 55.0 cm³/mol. The van der Waals surface area contributed by atoms with Gasteiger partial charge in [0, 0.05) is 24.0 Å². The molecule has 4 heteroatoms. The minimum Gasteiger partial charge on any atom is -0.460 e. The van der Waals surface area contributed by atoms with Crippen LogP contribution in [-0.2, 0) is 6.54 Å². The quantitative estimate of drug-likeness (QED) is 0.789. The smallest absolute Gasteiger partial charge is 0.316 e. The number of hydrogen-bond donors (Lipinski definition) is 1. The fourth-order valence-electron chi connectivity index (χ4n) is 0.991. The fourth-order valence-corrected chi connectivity index (χ4v) is 0.991. The second-order valence-electron chi connectivity index (χ2n) is 3.30. The average molecular weight is 195 g/mol. The molecule has 1 aromatic heterocycles. The van der Waals surface area contributed by atoms with E-state index in [2.05, 4.69) is 16.9 Å². The number of nitrogens with two attached hydrogens (primary N) is 1. The molecule has 0 aliphatic heterocycles. The van der Waals surface area contributed by atoms with Crippen LogP contribution in [0.5, 0.6) is 6.01 Å². The number of nitrogens with zero attached hydrogens (tertiary/aromatic N) is 2. The summed E-state index contributed by atoms with van der Waals surface area (Å²) >= 11 is 0. The van der Waals surface area contributed by atoms with Crippen LogP contribution in [0.1, 0.15) is 31.5 Å². The van der Waals surface area contributed by atoms with Crippen LogP contribution >= 0.6 is 0 Å². The van der Waals surface area contributed by atoms with Crippen molar-refractivity contribution in [3.8, 4) is 6.01 Å². The van der Waals surface area contributed by atoms with Gasteiger partial charge >= 0.3 is 6.01 Å². The molecule has 1 heterocycles. The van der Waals surface area contributed by atoms with Crippen molar-refractivity contribution in [1.29, 1.82) is 0 Å². The highest BCUT2D eigenvalue weighted by Gasteiger charge is 2.05. The monoisotopic (exact) mass is 195 g/mol. The van der Waals surface area contributed by atoms with Crippen LogP contribution < -0.4 is 10.5 Å². The number of aromatic nitrogens is 2. The van der Waals surface area contributed by atoms with Gasteiger partial charge in [0.25, 0.3) is 0 Å². The molecule has 78 valence electrons. The maximum Gasteiger partial charge on any atom is 0.316 e. The molecule has 4 nitrogen and oxygen atoms in total. The molecule has 2 N–H and O–H groups in total. The summed E-state index contributed by atoms with van der Waals surface area (Å²) in [6.45, 7) is 6.43. The summed E-state index contributed by atoms with van der Waals surface area (Å²) in [5.41, 5.74) is 7.36. The second kappa shape index (κ2) is 4.91. The van der Waals surface area contributed by atoms with Crippen LogP contribution in [0, 0.1) is 6.92 Å². The maximum absolute atomic E-state index is 5.51. The molecule has 0 fully saturated rings. The van der Waals surface area contributed by atoms with Gasteiger partial charge in [0.1, 0.15) is 0 Å². The lowest BCUT2D eigenvalue weighted by atomic mass is 10.2. The van der Waals surface area contributed by atoms with Crippen molar-refractivity contribution in [1.82, 2.24) is 9.97 Å². The molecule has 1 rings (SSSR count). The first kappa shape index (κ1) is 10.9. The Hall–Kier alpha value is -1.16. The zero-order valence-corrected chi connectivity index (χ0v) is 8.95. The third-order valence-electron chi connectivity index (χ3n) is 2.16. The maximum atomic E-state index is 5.51. The van der Waals surface area contributed by atoms with Crippen molar-refractivity contribution < 1.29 is 4.74 Å². The third-order valence-corrected chi connectivity index (χ3v) is 2.16. The van der Waals surface area contributed by atoms with Gasteiger partial charge in [0.15, 0.2) is 0 Å². The normalized spacial score (nSPS) is 12.6. The zero-order valence-electron chi connectivity index (χ0n) is 8.95. The largest absolute Gasteiger partial charge is 0.460 e. The summed E-state index contributed by atoms with van der Waals surface area (Å²) in [4.78, 5) is 8.30. The Labute approximate surface area is 84.5 Å². The molecule has 0 spiro atoms. The third kappa shape index (κ3) is 2.67. The Balaban J connectivity index is 2.76. The SMILES string of the molecule is CCC(C)Oc1ncc(CN)c(C)n1. The van der Waals surface area contributed by atoms with Gasteiger partial charge in [-0.2, -0.15) is 0 Å². The van der Waals surface area contributed by atoms with Crippen molar-refractivity contribution in [2.24, 2.45) is 5.73 Å². The summed E-state index contributed by atoms with van der Waals surface area (Å²) in [6.07, 6.45) is 2.82. The number of rotatable bonds is 4. The van der Waals surface area contributed by atoms with E-state index in [4.69, 9.17) is 10.5 Å². The number of aryl methyl sites for hydroxylation is 1. The van der Waals surface area contributed by atoms with Crippen LogP contribution in [0.15, 0.2) is 6.20 Å². The van der Waals surface area contributed by atoms with Gasteiger partial charge in [-0.3, -0.25) is 0 Å². The molecule has 0 saturated heterocycles. The van der Waals surface area contributed by atoms with E-state index >= 15 is 0 Å². The minimum absolute atomic E-state index is 0.151. The Bertz CT molecular complexity index is 301. The summed E-state index contributed by atoms with van der Waals surface area (Å²) < 4.78 is 5.48. The molecule has 0 aromatic carbocycles. The Morgan fingerprint density at radius 1 is 1.57 bits per heavy atom. The first-order valence-electron chi connectivity index (χ1n) is 4.86. The van der Waals surface area contributed by atoms with E-state index < -0.39 is 0 Å². The zero-order chi connectivity index (χ0) is 10.6. The standard InChI is InChI=1S/C10H17N3O/c1-4-7(2)14-10-12-6-9(5-11)8(3)13-10/h6-7H,4-5,11H2,1-3H3. The molecule has 1 atom stereocenters. The van der Waals surface area contributed by atoms with Crippen molar-refractivity contribution in [3.05, 3.63) is 17.5 Å². The first-order valence-corrected chi connectivity index (χ1v) is 4.86. The van der Waals surface area contributed by atoms with Crippen molar-refractivity contribution >= 4 is 0 Å². The molecule has 0 aliphatic carbocycles. The van der Waals surface area contributed by atoms with E-state index in [1.54, 1.807) is 6.20 Å². The summed E-state index contributed by atoms with van der Waals surface area (Å²) in [5.74, 6) is 0. The molecule has 0 bridgehead atoms. The highest BCUT2D eigenvalue weighted by Crippen LogP contribution is 2.10. The van der Waals surface area contributed by atoms with E-state index in [9.17, 15) is 0 Å². The molecule has 1 aromatic rings. The molecule has 14 heavy (non-hydrogen) atoms. The molecule has 0 radical (unpaired) electrons. The molecular weight excluding hydrogens is 178 g/mol. The predicted octanol–water partition coefficient (Wildman–Crippen LogP) is 1.42. The Morgan fingerprint density at radius 2 is 2.29 bits per heavy atom. The topological polar surface area (TPSA) is 61.0 Å². The lowest BCUT2D eigenvalue weighted by Crippen LogP contribution is -2.13. The van der Waals surface area contributed by atoms with Gasteiger partial charge in [0.05, 0.1) is 6.10 Å². The lowest BCUT2D eigenvalue weighted by Gasteiger charge is -2.11.